The fraction of sp³-hybridized carbons (Fsp3) is 0.429. The summed E-state index contributed by atoms with van der Waals surface area (Å²) < 4.78 is 0. The van der Waals surface area contributed by atoms with Gasteiger partial charge in [0.15, 0.2) is 0 Å². The molecule has 0 heterocycles. The molecule has 0 aliphatic rings. The Labute approximate surface area is 107 Å². The van der Waals surface area contributed by atoms with Gasteiger partial charge < -0.3 is 10.4 Å². The second-order valence-electron chi connectivity index (χ2n) is 4.71. The Balaban J connectivity index is 2.56. The van der Waals surface area contributed by atoms with Crippen LogP contribution >= 0.6 is 0 Å². The molecular weight excluding hydrogens is 228 g/mol. The Kier molecular flexibility index (Phi) is 5.34. The van der Waals surface area contributed by atoms with E-state index in [2.05, 4.69) is 5.32 Å². The molecule has 1 aromatic carbocycles. The third kappa shape index (κ3) is 4.56. The first-order valence-electron chi connectivity index (χ1n) is 5.98. The zero-order valence-electron chi connectivity index (χ0n) is 10.7. The van der Waals surface area contributed by atoms with Crippen LogP contribution in [0.15, 0.2) is 24.3 Å². The maximum atomic E-state index is 11.1. The van der Waals surface area contributed by atoms with Crippen molar-refractivity contribution < 1.29 is 9.90 Å². The predicted molar refractivity (Wildman–Crippen MR) is 68.9 cm³/mol. The molecule has 0 saturated carbocycles. The Morgan fingerprint density at radius 1 is 1.39 bits per heavy atom. The van der Waals surface area contributed by atoms with Crippen LogP contribution < -0.4 is 5.32 Å². The molecule has 1 unspecified atom stereocenters. The van der Waals surface area contributed by atoms with Gasteiger partial charge in [-0.3, -0.25) is 4.79 Å². The molecule has 0 spiro atoms. The summed E-state index contributed by atoms with van der Waals surface area (Å²) in [5.74, 6) is -0.489. The first-order chi connectivity index (χ1) is 8.52. The standard InChI is InChI=1S/C14H18N2O2/c1-10(2)7-13(14(17)18)16-9-12-5-3-11(8-15)4-6-12/h3-6,10,13,16H,7,9H2,1-2H3,(H,17,18). The van der Waals surface area contributed by atoms with Gasteiger partial charge in [0.1, 0.15) is 6.04 Å². The fourth-order valence-corrected chi connectivity index (χ4v) is 1.68. The number of benzene rings is 1. The van der Waals surface area contributed by atoms with E-state index >= 15 is 0 Å². The van der Waals surface area contributed by atoms with Crippen molar-refractivity contribution in [1.82, 2.24) is 5.32 Å². The molecular formula is C14H18N2O2. The van der Waals surface area contributed by atoms with Gasteiger partial charge in [0.05, 0.1) is 11.6 Å². The first kappa shape index (κ1) is 14.2. The largest absolute Gasteiger partial charge is 0.480 e. The molecule has 0 saturated heterocycles. The maximum Gasteiger partial charge on any atom is 0.320 e. The van der Waals surface area contributed by atoms with Crippen LogP contribution in [0.1, 0.15) is 31.4 Å². The monoisotopic (exact) mass is 246 g/mol. The van der Waals surface area contributed by atoms with E-state index < -0.39 is 12.0 Å². The Hall–Kier alpha value is -1.86. The van der Waals surface area contributed by atoms with Crippen LogP contribution in [-0.4, -0.2) is 17.1 Å². The number of rotatable bonds is 6. The molecule has 0 bridgehead atoms. The minimum Gasteiger partial charge on any atom is -0.480 e. The van der Waals surface area contributed by atoms with Crippen LogP contribution in [-0.2, 0) is 11.3 Å². The Bertz CT molecular complexity index is 432. The number of nitrogens with one attached hydrogen (secondary N) is 1. The molecule has 1 rings (SSSR count). The minimum atomic E-state index is -0.822. The van der Waals surface area contributed by atoms with Crippen molar-refractivity contribution >= 4 is 5.97 Å². The summed E-state index contributed by atoms with van der Waals surface area (Å²) in [5.41, 5.74) is 1.58. The third-order valence-corrected chi connectivity index (χ3v) is 2.64. The highest BCUT2D eigenvalue weighted by atomic mass is 16.4. The number of carboxylic acids is 1. The molecule has 4 nitrogen and oxygen atoms in total. The summed E-state index contributed by atoms with van der Waals surface area (Å²) in [6.07, 6.45) is 0.603. The first-order valence-corrected chi connectivity index (χ1v) is 5.98. The van der Waals surface area contributed by atoms with Gasteiger partial charge in [-0.2, -0.15) is 5.26 Å². The Morgan fingerprint density at radius 3 is 2.44 bits per heavy atom. The van der Waals surface area contributed by atoms with Crippen LogP contribution in [0.25, 0.3) is 0 Å². The lowest BCUT2D eigenvalue weighted by Crippen LogP contribution is -2.37. The van der Waals surface area contributed by atoms with E-state index in [1.165, 1.54) is 0 Å². The van der Waals surface area contributed by atoms with Crippen LogP contribution in [0.3, 0.4) is 0 Å². The number of hydrogen-bond acceptors (Lipinski definition) is 3. The van der Waals surface area contributed by atoms with Gasteiger partial charge in [-0.15, -0.1) is 0 Å². The SMILES string of the molecule is CC(C)CC(NCc1ccc(C#N)cc1)C(=O)O. The molecule has 0 amide bonds. The van der Waals surface area contributed by atoms with Crippen LogP contribution in [0.2, 0.25) is 0 Å². The molecule has 2 N–H and O–H groups in total. The molecule has 18 heavy (non-hydrogen) atoms. The van der Waals surface area contributed by atoms with E-state index in [-0.39, 0.29) is 0 Å². The maximum absolute atomic E-state index is 11.1. The van der Waals surface area contributed by atoms with E-state index in [4.69, 9.17) is 10.4 Å². The lowest BCUT2D eigenvalue weighted by molar-refractivity contribution is -0.140. The van der Waals surface area contributed by atoms with E-state index in [1.807, 2.05) is 32.0 Å². The van der Waals surface area contributed by atoms with E-state index in [1.54, 1.807) is 12.1 Å². The topological polar surface area (TPSA) is 73.1 Å². The van der Waals surface area contributed by atoms with Crippen molar-refractivity contribution in [2.24, 2.45) is 5.92 Å². The van der Waals surface area contributed by atoms with Gasteiger partial charge in [-0.25, -0.2) is 0 Å². The zero-order chi connectivity index (χ0) is 13.5. The van der Waals surface area contributed by atoms with Crippen molar-refractivity contribution in [3.05, 3.63) is 35.4 Å². The van der Waals surface area contributed by atoms with Gasteiger partial charge in [-0.1, -0.05) is 26.0 Å². The second-order valence-corrected chi connectivity index (χ2v) is 4.71. The number of nitriles is 1. The number of nitrogens with zero attached hydrogens (tertiary/aromatic N) is 1. The highest BCUT2D eigenvalue weighted by Crippen LogP contribution is 2.07. The normalized spacial score (nSPS) is 12.1. The average molecular weight is 246 g/mol. The highest BCUT2D eigenvalue weighted by molar-refractivity contribution is 5.73. The molecule has 0 aromatic heterocycles. The van der Waals surface area contributed by atoms with Crippen LogP contribution in [0.5, 0.6) is 0 Å². The molecule has 4 heteroatoms. The molecule has 0 radical (unpaired) electrons. The number of hydrogen-bond donors (Lipinski definition) is 2. The third-order valence-electron chi connectivity index (χ3n) is 2.64. The summed E-state index contributed by atoms with van der Waals surface area (Å²) in [7, 11) is 0. The smallest absolute Gasteiger partial charge is 0.320 e. The lowest BCUT2D eigenvalue weighted by atomic mass is 10.0. The molecule has 1 atom stereocenters. The van der Waals surface area contributed by atoms with Crippen molar-refractivity contribution in [2.45, 2.75) is 32.9 Å². The molecule has 0 fully saturated rings. The summed E-state index contributed by atoms with van der Waals surface area (Å²) in [6.45, 7) is 4.49. The van der Waals surface area contributed by atoms with Gasteiger partial charge in [0.2, 0.25) is 0 Å². The van der Waals surface area contributed by atoms with E-state index in [0.29, 0.717) is 24.4 Å². The number of carbonyl (C=O) groups is 1. The summed E-state index contributed by atoms with van der Waals surface area (Å²) in [4.78, 5) is 11.1. The van der Waals surface area contributed by atoms with Gasteiger partial charge in [0.25, 0.3) is 0 Å². The molecule has 1 aromatic rings. The lowest BCUT2D eigenvalue weighted by Gasteiger charge is -2.16. The van der Waals surface area contributed by atoms with Gasteiger partial charge in [0, 0.05) is 6.54 Å². The summed E-state index contributed by atoms with van der Waals surface area (Å²) >= 11 is 0. The second kappa shape index (κ2) is 6.77. The molecule has 0 aliphatic heterocycles. The van der Waals surface area contributed by atoms with Crippen LogP contribution in [0.4, 0.5) is 0 Å². The van der Waals surface area contributed by atoms with Gasteiger partial charge in [-0.05, 0) is 30.0 Å². The Morgan fingerprint density at radius 2 is 2.00 bits per heavy atom. The zero-order valence-corrected chi connectivity index (χ0v) is 10.7. The van der Waals surface area contributed by atoms with Crippen molar-refractivity contribution in [2.75, 3.05) is 0 Å². The van der Waals surface area contributed by atoms with Crippen molar-refractivity contribution in [3.8, 4) is 6.07 Å². The predicted octanol–water partition coefficient (Wildman–Crippen LogP) is 2.15. The van der Waals surface area contributed by atoms with Crippen molar-refractivity contribution in [3.63, 3.8) is 0 Å². The fourth-order valence-electron chi connectivity index (χ4n) is 1.68. The molecule has 96 valence electrons. The van der Waals surface area contributed by atoms with Crippen molar-refractivity contribution in [1.29, 1.82) is 5.26 Å². The average Bonchev–Trinajstić information content (AvgIpc) is 2.34. The highest BCUT2D eigenvalue weighted by Gasteiger charge is 2.17. The quantitative estimate of drug-likeness (QED) is 0.806. The minimum absolute atomic E-state index is 0.333. The molecule has 0 aliphatic carbocycles. The number of carboxylic acid groups (broad SMARTS) is 1. The van der Waals surface area contributed by atoms with E-state index in [9.17, 15) is 4.79 Å². The number of aliphatic carboxylic acids is 1. The summed E-state index contributed by atoms with van der Waals surface area (Å²) in [6, 6.07) is 8.65. The summed E-state index contributed by atoms with van der Waals surface area (Å²) in [5, 5.41) is 20.8. The van der Waals surface area contributed by atoms with Crippen LogP contribution in [0, 0.1) is 17.2 Å². The van der Waals surface area contributed by atoms with Gasteiger partial charge >= 0.3 is 5.97 Å². The van der Waals surface area contributed by atoms with E-state index in [0.717, 1.165) is 5.56 Å².